The van der Waals surface area contributed by atoms with Crippen LogP contribution in [0.3, 0.4) is 0 Å². The van der Waals surface area contributed by atoms with Gasteiger partial charge < -0.3 is 5.73 Å². The van der Waals surface area contributed by atoms with Crippen LogP contribution in [0.5, 0.6) is 0 Å². The fourth-order valence-corrected chi connectivity index (χ4v) is 2.43. The summed E-state index contributed by atoms with van der Waals surface area (Å²) in [5, 5.41) is 5.40. The Morgan fingerprint density at radius 1 is 1.09 bits per heavy atom. The monoisotopic (exact) mass is 295 g/mol. The number of fused-ring (bicyclic) bond motifs is 1. The Morgan fingerprint density at radius 2 is 1.77 bits per heavy atom. The molecule has 5 nitrogen and oxygen atoms in total. The van der Waals surface area contributed by atoms with Gasteiger partial charge in [-0.1, -0.05) is 12.1 Å². The summed E-state index contributed by atoms with van der Waals surface area (Å²) in [5.41, 5.74) is 8.63. The minimum absolute atomic E-state index is 0.444. The van der Waals surface area contributed by atoms with Crippen molar-refractivity contribution < 1.29 is 4.79 Å². The second-order valence-electron chi connectivity index (χ2n) is 6.21. The van der Waals surface area contributed by atoms with E-state index in [1.807, 2.05) is 30.5 Å². The first-order chi connectivity index (χ1) is 10.4. The van der Waals surface area contributed by atoms with E-state index >= 15 is 0 Å². The minimum Gasteiger partial charge on any atom is -0.366 e. The van der Waals surface area contributed by atoms with E-state index in [1.165, 1.54) is 5.69 Å². The lowest BCUT2D eigenvalue weighted by Crippen LogP contribution is -2.34. The van der Waals surface area contributed by atoms with Crippen LogP contribution in [0.4, 0.5) is 5.69 Å². The molecule has 0 aliphatic rings. The number of rotatable bonds is 3. The van der Waals surface area contributed by atoms with E-state index in [4.69, 9.17) is 5.73 Å². The maximum Gasteiger partial charge on any atom is 0.250 e. The molecule has 5 heteroatoms. The molecule has 0 atom stereocenters. The highest BCUT2D eigenvalue weighted by atomic mass is 16.1. The van der Waals surface area contributed by atoms with Gasteiger partial charge in [-0.15, -0.1) is 0 Å². The van der Waals surface area contributed by atoms with E-state index < -0.39 is 5.91 Å². The third kappa shape index (κ3) is 2.46. The number of amides is 1. The van der Waals surface area contributed by atoms with E-state index in [-0.39, 0.29) is 0 Å². The molecule has 112 valence electrons. The SMILES string of the molecule is C[N+](C)(C)c1ccc(-n2cc3cccc(C(N)=O)c3n2)cc1. The van der Waals surface area contributed by atoms with Crippen LogP contribution in [0.2, 0.25) is 0 Å². The fraction of sp³-hybridized carbons (Fsp3) is 0.176. The van der Waals surface area contributed by atoms with Crippen molar-refractivity contribution in [3.05, 3.63) is 54.2 Å². The first-order valence-corrected chi connectivity index (χ1v) is 7.07. The standard InChI is InChI=1S/C17H18N4O/c1-21(2,3)14-9-7-13(8-10-14)20-11-12-5-4-6-15(17(18)22)16(12)19-20/h4-11H,1-3H3,(H-,18,22)/p+1. The Bertz CT molecular complexity index is 841. The van der Waals surface area contributed by atoms with Gasteiger partial charge in [-0.25, -0.2) is 4.68 Å². The van der Waals surface area contributed by atoms with Gasteiger partial charge in [0.05, 0.1) is 32.4 Å². The molecular formula is C17H19N4O+. The Balaban J connectivity index is 2.07. The van der Waals surface area contributed by atoms with Gasteiger partial charge in [0.25, 0.3) is 5.91 Å². The lowest BCUT2D eigenvalue weighted by molar-refractivity contribution is 0.100. The number of carbonyl (C=O) groups excluding carboxylic acids is 1. The van der Waals surface area contributed by atoms with Crippen molar-refractivity contribution in [3.63, 3.8) is 0 Å². The summed E-state index contributed by atoms with van der Waals surface area (Å²) in [4.78, 5) is 11.5. The Kier molecular flexibility index (Phi) is 3.22. The van der Waals surface area contributed by atoms with Crippen molar-refractivity contribution in [1.29, 1.82) is 0 Å². The number of nitrogens with two attached hydrogens (primary N) is 1. The zero-order valence-corrected chi connectivity index (χ0v) is 12.9. The number of hydrogen-bond acceptors (Lipinski definition) is 2. The maximum absolute atomic E-state index is 11.5. The molecule has 1 aromatic heterocycles. The lowest BCUT2D eigenvalue weighted by atomic mass is 10.1. The topological polar surface area (TPSA) is 60.9 Å². The largest absolute Gasteiger partial charge is 0.366 e. The molecule has 0 unspecified atom stereocenters. The van der Waals surface area contributed by atoms with Crippen molar-refractivity contribution in [1.82, 2.24) is 14.3 Å². The van der Waals surface area contributed by atoms with Crippen LogP contribution in [-0.4, -0.2) is 36.8 Å². The molecule has 3 rings (SSSR count). The van der Waals surface area contributed by atoms with Crippen molar-refractivity contribution >= 4 is 22.5 Å². The summed E-state index contributed by atoms with van der Waals surface area (Å²) in [6.45, 7) is 0. The van der Waals surface area contributed by atoms with Crippen LogP contribution in [0.1, 0.15) is 10.4 Å². The van der Waals surface area contributed by atoms with E-state index in [9.17, 15) is 4.79 Å². The average molecular weight is 295 g/mol. The van der Waals surface area contributed by atoms with Crippen LogP contribution >= 0.6 is 0 Å². The highest BCUT2D eigenvalue weighted by Gasteiger charge is 2.13. The normalized spacial score (nSPS) is 11.8. The van der Waals surface area contributed by atoms with Gasteiger partial charge in [0.15, 0.2) is 0 Å². The highest BCUT2D eigenvalue weighted by molar-refractivity contribution is 6.04. The number of quaternary nitrogens is 1. The van der Waals surface area contributed by atoms with Gasteiger partial charge in [0.1, 0.15) is 11.2 Å². The molecule has 2 aromatic carbocycles. The zero-order valence-electron chi connectivity index (χ0n) is 12.9. The summed E-state index contributed by atoms with van der Waals surface area (Å²) in [7, 11) is 6.36. The summed E-state index contributed by atoms with van der Waals surface area (Å²) >= 11 is 0. The van der Waals surface area contributed by atoms with Crippen LogP contribution in [0.25, 0.3) is 16.6 Å². The number of carbonyl (C=O) groups is 1. The average Bonchev–Trinajstić information content (AvgIpc) is 2.90. The summed E-state index contributed by atoms with van der Waals surface area (Å²) in [6.07, 6.45) is 1.91. The van der Waals surface area contributed by atoms with Crippen LogP contribution in [0, 0.1) is 0 Å². The van der Waals surface area contributed by atoms with Gasteiger partial charge in [-0.05, 0) is 18.2 Å². The van der Waals surface area contributed by atoms with Crippen LogP contribution < -0.4 is 10.2 Å². The summed E-state index contributed by atoms with van der Waals surface area (Å²) in [6, 6.07) is 13.6. The van der Waals surface area contributed by atoms with Gasteiger partial charge in [0.2, 0.25) is 0 Å². The van der Waals surface area contributed by atoms with Gasteiger partial charge in [-0.2, -0.15) is 5.10 Å². The third-order valence-corrected chi connectivity index (χ3v) is 3.69. The molecule has 0 fully saturated rings. The first-order valence-electron chi connectivity index (χ1n) is 7.07. The van der Waals surface area contributed by atoms with Crippen LogP contribution in [0.15, 0.2) is 48.7 Å². The Labute approximate surface area is 129 Å². The van der Waals surface area contributed by atoms with Crippen LogP contribution in [-0.2, 0) is 0 Å². The van der Waals surface area contributed by atoms with E-state index in [1.54, 1.807) is 10.7 Å². The van der Waals surface area contributed by atoms with Crippen molar-refractivity contribution in [3.8, 4) is 5.69 Å². The summed E-state index contributed by atoms with van der Waals surface area (Å²) in [5.74, 6) is -0.462. The molecule has 0 saturated carbocycles. The van der Waals surface area contributed by atoms with Crippen molar-refractivity contribution in [2.45, 2.75) is 0 Å². The molecule has 0 saturated heterocycles. The quantitative estimate of drug-likeness (QED) is 0.754. The molecule has 0 aliphatic heterocycles. The number of primary amides is 1. The molecule has 0 spiro atoms. The van der Waals surface area contributed by atoms with Gasteiger partial charge in [0, 0.05) is 23.7 Å². The van der Waals surface area contributed by atoms with E-state index in [0.717, 1.165) is 15.6 Å². The van der Waals surface area contributed by atoms with E-state index in [2.05, 4.69) is 38.4 Å². The predicted octanol–water partition coefficient (Wildman–Crippen LogP) is 2.32. The number of nitrogens with zero attached hydrogens (tertiary/aromatic N) is 3. The molecule has 1 amide bonds. The number of hydrogen-bond donors (Lipinski definition) is 1. The molecule has 22 heavy (non-hydrogen) atoms. The molecular weight excluding hydrogens is 276 g/mol. The first kappa shape index (κ1) is 14.3. The Morgan fingerprint density at radius 3 is 2.36 bits per heavy atom. The molecule has 0 aliphatic carbocycles. The highest BCUT2D eigenvalue weighted by Crippen LogP contribution is 2.22. The number of aromatic nitrogens is 2. The third-order valence-electron chi connectivity index (χ3n) is 3.69. The van der Waals surface area contributed by atoms with Crippen molar-refractivity contribution in [2.75, 3.05) is 21.1 Å². The zero-order chi connectivity index (χ0) is 15.9. The molecule has 2 N–H and O–H groups in total. The molecule has 1 heterocycles. The summed E-state index contributed by atoms with van der Waals surface area (Å²) < 4.78 is 2.53. The smallest absolute Gasteiger partial charge is 0.250 e. The minimum atomic E-state index is -0.462. The molecule has 0 radical (unpaired) electrons. The van der Waals surface area contributed by atoms with Gasteiger partial charge in [-0.3, -0.25) is 9.28 Å². The molecule has 3 aromatic rings. The predicted molar refractivity (Wildman–Crippen MR) is 89.2 cm³/mol. The Hall–Kier alpha value is -2.66. The fourth-order valence-electron chi connectivity index (χ4n) is 2.43. The second kappa shape index (κ2) is 4.96. The van der Waals surface area contributed by atoms with Crippen molar-refractivity contribution in [2.24, 2.45) is 5.73 Å². The van der Waals surface area contributed by atoms with E-state index in [0.29, 0.717) is 11.1 Å². The molecule has 0 bridgehead atoms. The second-order valence-corrected chi connectivity index (χ2v) is 6.21. The lowest BCUT2D eigenvalue weighted by Gasteiger charge is -2.23. The van der Waals surface area contributed by atoms with Gasteiger partial charge >= 0.3 is 0 Å². The number of benzene rings is 2. The maximum atomic E-state index is 11.5.